The van der Waals surface area contributed by atoms with Crippen LogP contribution in [0.1, 0.15) is 25.0 Å². The van der Waals surface area contributed by atoms with Gasteiger partial charge < -0.3 is 20.4 Å². The van der Waals surface area contributed by atoms with Crippen LogP contribution in [-0.4, -0.2) is 43.8 Å². The minimum Gasteiger partial charge on any atom is -0.380 e. The molecule has 1 aromatic heterocycles. The number of nitrogens with one attached hydrogen (secondary N) is 3. The van der Waals surface area contributed by atoms with Gasteiger partial charge in [0.25, 0.3) is 0 Å². The highest BCUT2D eigenvalue weighted by Crippen LogP contribution is 2.26. The van der Waals surface area contributed by atoms with Crippen molar-refractivity contribution in [3.05, 3.63) is 35.5 Å². The molecule has 1 aromatic carbocycles. The number of nitrogens with zero attached hydrogens (tertiary/aromatic N) is 1. The fraction of sp³-hybridized carbons (Fsp3) is 0.526. The molecule has 0 amide bonds. The van der Waals surface area contributed by atoms with Crippen molar-refractivity contribution in [1.82, 2.24) is 15.6 Å². The maximum Gasteiger partial charge on any atom is 0.191 e. The second-order valence-corrected chi connectivity index (χ2v) is 6.99. The summed E-state index contributed by atoms with van der Waals surface area (Å²) in [6.07, 6.45) is 3.09. The van der Waals surface area contributed by atoms with Gasteiger partial charge in [0, 0.05) is 35.6 Å². The van der Waals surface area contributed by atoms with E-state index in [4.69, 9.17) is 9.73 Å². The summed E-state index contributed by atoms with van der Waals surface area (Å²) in [5.41, 5.74) is 4.09. The fourth-order valence-corrected chi connectivity index (χ4v) is 3.12. The first-order valence-corrected chi connectivity index (χ1v) is 8.77. The van der Waals surface area contributed by atoms with E-state index in [1.54, 1.807) is 0 Å². The minimum atomic E-state index is 0.205. The lowest BCUT2D eigenvalue weighted by Gasteiger charge is -2.36. The monoisotopic (exact) mass is 328 g/mol. The predicted octanol–water partition coefficient (Wildman–Crippen LogP) is 2.61. The lowest BCUT2D eigenvalue weighted by Crippen LogP contribution is -2.44. The van der Waals surface area contributed by atoms with Crippen molar-refractivity contribution in [2.75, 3.05) is 32.8 Å². The molecule has 5 heteroatoms. The first-order valence-electron chi connectivity index (χ1n) is 8.77. The Morgan fingerprint density at radius 1 is 1.33 bits per heavy atom. The Balaban J connectivity index is 1.59. The lowest BCUT2D eigenvalue weighted by atomic mass is 9.89. The first kappa shape index (κ1) is 16.8. The highest BCUT2D eigenvalue weighted by molar-refractivity contribution is 5.86. The highest BCUT2D eigenvalue weighted by Gasteiger charge is 2.33. The standard InChI is InChI=1S/C19H28N4O/c1-4-20-18(23-11-19(3)12-24-13-19)21-9-8-15-10-22-16-7-5-6-14(2)17(15)16/h5-7,10,22H,4,8-9,11-13H2,1-3H3,(H2,20,21,23). The Bertz CT molecular complexity index is 715. The Morgan fingerprint density at radius 3 is 2.88 bits per heavy atom. The molecule has 3 N–H and O–H groups in total. The van der Waals surface area contributed by atoms with Crippen LogP contribution < -0.4 is 10.6 Å². The summed E-state index contributed by atoms with van der Waals surface area (Å²) < 4.78 is 5.30. The maximum atomic E-state index is 5.30. The van der Waals surface area contributed by atoms with Gasteiger partial charge in [-0.05, 0) is 37.5 Å². The smallest absolute Gasteiger partial charge is 0.191 e. The molecular formula is C19H28N4O. The zero-order chi connectivity index (χ0) is 17.0. The van der Waals surface area contributed by atoms with Gasteiger partial charge in [0.15, 0.2) is 5.96 Å². The molecule has 1 fully saturated rings. The number of rotatable bonds is 6. The van der Waals surface area contributed by atoms with Crippen LogP contribution in [0.4, 0.5) is 0 Å². The van der Waals surface area contributed by atoms with Crippen LogP contribution >= 0.6 is 0 Å². The number of H-pyrrole nitrogens is 1. The number of aliphatic imine (C=N–C) groups is 1. The molecule has 0 unspecified atom stereocenters. The van der Waals surface area contributed by atoms with Gasteiger partial charge in [0.2, 0.25) is 0 Å². The van der Waals surface area contributed by atoms with Gasteiger partial charge in [0.05, 0.1) is 19.8 Å². The molecule has 2 aromatic rings. The van der Waals surface area contributed by atoms with Crippen molar-refractivity contribution >= 4 is 16.9 Å². The second-order valence-electron chi connectivity index (χ2n) is 6.99. The molecule has 1 saturated heterocycles. The molecule has 3 rings (SSSR count). The second kappa shape index (κ2) is 7.26. The number of ether oxygens (including phenoxy) is 1. The van der Waals surface area contributed by atoms with Gasteiger partial charge in [0.1, 0.15) is 0 Å². The third-order valence-electron chi connectivity index (χ3n) is 4.55. The lowest BCUT2D eigenvalue weighted by molar-refractivity contribution is -0.0945. The molecule has 0 bridgehead atoms. The summed E-state index contributed by atoms with van der Waals surface area (Å²) in [6.45, 7) is 10.6. The molecule has 24 heavy (non-hydrogen) atoms. The zero-order valence-electron chi connectivity index (χ0n) is 14.9. The molecule has 130 valence electrons. The largest absolute Gasteiger partial charge is 0.380 e. The first-order chi connectivity index (χ1) is 11.6. The third-order valence-corrected chi connectivity index (χ3v) is 4.55. The molecule has 1 aliphatic heterocycles. The van der Waals surface area contributed by atoms with Crippen molar-refractivity contribution in [1.29, 1.82) is 0 Å². The van der Waals surface area contributed by atoms with E-state index in [2.05, 4.69) is 60.8 Å². The topological polar surface area (TPSA) is 61.4 Å². The molecular weight excluding hydrogens is 300 g/mol. The van der Waals surface area contributed by atoms with E-state index in [0.29, 0.717) is 0 Å². The number of hydrogen-bond acceptors (Lipinski definition) is 2. The molecule has 0 saturated carbocycles. The Morgan fingerprint density at radius 2 is 2.17 bits per heavy atom. The van der Waals surface area contributed by atoms with E-state index >= 15 is 0 Å². The van der Waals surface area contributed by atoms with Crippen LogP contribution in [0.5, 0.6) is 0 Å². The number of benzene rings is 1. The predicted molar refractivity (Wildman–Crippen MR) is 99.6 cm³/mol. The quantitative estimate of drug-likeness (QED) is 0.564. The highest BCUT2D eigenvalue weighted by atomic mass is 16.5. The molecule has 0 atom stereocenters. The maximum absolute atomic E-state index is 5.30. The fourth-order valence-electron chi connectivity index (χ4n) is 3.12. The molecule has 2 heterocycles. The Labute approximate surface area is 143 Å². The van der Waals surface area contributed by atoms with Crippen molar-refractivity contribution in [2.45, 2.75) is 27.2 Å². The van der Waals surface area contributed by atoms with Crippen LogP contribution in [-0.2, 0) is 11.2 Å². The zero-order valence-corrected chi connectivity index (χ0v) is 14.9. The third kappa shape index (κ3) is 3.73. The number of aromatic nitrogens is 1. The van der Waals surface area contributed by atoms with E-state index in [1.165, 1.54) is 22.0 Å². The number of guanidine groups is 1. The van der Waals surface area contributed by atoms with Gasteiger partial charge in [-0.3, -0.25) is 4.99 Å². The summed E-state index contributed by atoms with van der Waals surface area (Å²) in [6, 6.07) is 6.39. The van der Waals surface area contributed by atoms with E-state index in [0.717, 1.165) is 45.2 Å². The minimum absolute atomic E-state index is 0.205. The van der Waals surface area contributed by atoms with Crippen molar-refractivity contribution in [2.24, 2.45) is 10.4 Å². The summed E-state index contributed by atoms with van der Waals surface area (Å²) in [5.74, 6) is 0.891. The summed E-state index contributed by atoms with van der Waals surface area (Å²) >= 11 is 0. The van der Waals surface area contributed by atoms with E-state index in [-0.39, 0.29) is 5.41 Å². The molecule has 0 radical (unpaired) electrons. The van der Waals surface area contributed by atoms with E-state index in [9.17, 15) is 0 Å². The summed E-state index contributed by atoms with van der Waals surface area (Å²) in [7, 11) is 0. The van der Waals surface area contributed by atoms with Crippen molar-refractivity contribution < 1.29 is 4.74 Å². The van der Waals surface area contributed by atoms with Gasteiger partial charge in [-0.2, -0.15) is 0 Å². The van der Waals surface area contributed by atoms with Gasteiger partial charge in [-0.25, -0.2) is 0 Å². The number of aryl methyl sites for hydroxylation is 1. The molecule has 0 aliphatic carbocycles. The summed E-state index contributed by atoms with van der Waals surface area (Å²) in [4.78, 5) is 8.08. The number of hydrogen-bond donors (Lipinski definition) is 3. The van der Waals surface area contributed by atoms with Gasteiger partial charge >= 0.3 is 0 Å². The van der Waals surface area contributed by atoms with Crippen LogP contribution in [0.3, 0.4) is 0 Å². The number of fused-ring (bicyclic) bond motifs is 1. The van der Waals surface area contributed by atoms with Crippen LogP contribution in [0, 0.1) is 12.3 Å². The average molecular weight is 328 g/mol. The molecule has 1 aliphatic rings. The molecule has 5 nitrogen and oxygen atoms in total. The van der Waals surface area contributed by atoms with Crippen LogP contribution in [0.25, 0.3) is 10.9 Å². The average Bonchev–Trinajstić information content (AvgIpc) is 2.95. The molecule has 0 spiro atoms. The SMILES string of the molecule is CCNC(=NCC1(C)COC1)NCCc1c[nH]c2cccc(C)c12. The van der Waals surface area contributed by atoms with E-state index < -0.39 is 0 Å². The van der Waals surface area contributed by atoms with Crippen molar-refractivity contribution in [3.8, 4) is 0 Å². The normalized spacial score (nSPS) is 16.9. The number of aromatic amines is 1. The van der Waals surface area contributed by atoms with Crippen molar-refractivity contribution in [3.63, 3.8) is 0 Å². The van der Waals surface area contributed by atoms with Gasteiger partial charge in [-0.15, -0.1) is 0 Å². The summed E-state index contributed by atoms with van der Waals surface area (Å²) in [5, 5.41) is 8.12. The Hall–Kier alpha value is -2.01. The van der Waals surface area contributed by atoms with Crippen LogP contribution in [0.15, 0.2) is 29.4 Å². The Kier molecular flexibility index (Phi) is 5.09. The van der Waals surface area contributed by atoms with Gasteiger partial charge in [-0.1, -0.05) is 19.1 Å². The van der Waals surface area contributed by atoms with Crippen LogP contribution in [0.2, 0.25) is 0 Å². The van der Waals surface area contributed by atoms with E-state index in [1.807, 2.05) is 0 Å².